The molecule has 0 saturated carbocycles. The van der Waals surface area contributed by atoms with Crippen LogP contribution in [0.1, 0.15) is 28.8 Å². The summed E-state index contributed by atoms with van der Waals surface area (Å²) in [5, 5.41) is 7.59. The van der Waals surface area contributed by atoms with E-state index in [0.717, 1.165) is 40.0 Å². The van der Waals surface area contributed by atoms with E-state index < -0.39 is 11.9 Å². The van der Waals surface area contributed by atoms with Crippen molar-refractivity contribution in [3.8, 4) is 5.75 Å². The summed E-state index contributed by atoms with van der Waals surface area (Å²) in [5.41, 5.74) is 1.36. The Hall–Kier alpha value is -1.56. The van der Waals surface area contributed by atoms with Crippen molar-refractivity contribution < 1.29 is 17.9 Å². The lowest BCUT2D eigenvalue weighted by molar-refractivity contribution is -0.140. The number of benzene rings is 1. The Bertz CT molecular complexity index is 780. The number of aromatic nitrogens is 1. The fraction of sp³-hybridized carbons (Fsp3) is 0.444. The second-order valence-corrected chi connectivity index (χ2v) is 6.75. The van der Waals surface area contributed by atoms with Crippen molar-refractivity contribution in [2.75, 3.05) is 20.2 Å². The minimum Gasteiger partial charge on any atom is -0.496 e. The van der Waals surface area contributed by atoms with Gasteiger partial charge in [0.1, 0.15) is 10.8 Å². The van der Waals surface area contributed by atoms with E-state index in [1.54, 1.807) is 7.11 Å². The SMILES string of the molecule is CCNC(=NCc1nc(C(F)(F)F)cs1)NCCc1cc(C)ccc1OC.I. The lowest BCUT2D eigenvalue weighted by Gasteiger charge is -2.13. The smallest absolute Gasteiger partial charge is 0.434 e. The molecular formula is C18H24F3IN4OS. The van der Waals surface area contributed by atoms with Crippen LogP contribution in [0.4, 0.5) is 13.2 Å². The fourth-order valence-electron chi connectivity index (χ4n) is 2.42. The first-order valence-corrected chi connectivity index (χ1v) is 9.38. The second-order valence-electron chi connectivity index (χ2n) is 5.81. The molecular weight excluding hydrogens is 504 g/mol. The third-order valence-electron chi connectivity index (χ3n) is 3.68. The van der Waals surface area contributed by atoms with Gasteiger partial charge in [-0.15, -0.1) is 35.3 Å². The summed E-state index contributed by atoms with van der Waals surface area (Å²) in [5.74, 6) is 1.36. The van der Waals surface area contributed by atoms with Crippen molar-refractivity contribution in [3.05, 3.63) is 45.4 Å². The number of guanidine groups is 1. The molecule has 0 radical (unpaired) electrons. The molecule has 10 heteroatoms. The number of rotatable bonds is 7. The van der Waals surface area contributed by atoms with Gasteiger partial charge in [0, 0.05) is 18.5 Å². The molecule has 0 fully saturated rings. The predicted octanol–water partition coefficient (Wildman–Crippen LogP) is 4.39. The molecule has 0 aliphatic carbocycles. The number of hydrogen-bond donors (Lipinski definition) is 2. The maximum Gasteiger partial charge on any atom is 0.434 e. The minimum absolute atomic E-state index is 0. The normalized spacial score (nSPS) is 11.7. The molecule has 28 heavy (non-hydrogen) atoms. The van der Waals surface area contributed by atoms with E-state index in [9.17, 15) is 13.2 Å². The average Bonchev–Trinajstić information content (AvgIpc) is 3.09. The summed E-state index contributed by atoms with van der Waals surface area (Å²) >= 11 is 0.953. The molecule has 0 amide bonds. The van der Waals surface area contributed by atoms with Crippen molar-refractivity contribution >= 4 is 41.3 Å². The first-order valence-electron chi connectivity index (χ1n) is 8.50. The van der Waals surface area contributed by atoms with Gasteiger partial charge in [-0.1, -0.05) is 17.7 Å². The van der Waals surface area contributed by atoms with Gasteiger partial charge >= 0.3 is 6.18 Å². The van der Waals surface area contributed by atoms with E-state index in [1.165, 1.54) is 0 Å². The van der Waals surface area contributed by atoms with Crippen molar-refractivity contribution in [2.45, 2.75) is 33.0 Å². The summed E-state index contributed by atoms with van der Waals surface area (Å²) in [7, 11) is 1.64. The third kappa shape index (κ3) is 7.46. The largest absolute Gasteiger partial charge is 0.496 e. The van der Waals surface area contributed by atoms with Gasteiger partial charge < -0.3 is 15.4 Å². The van der Waals surface area contributed by atoms with Crippen LogP contribution in [0.2, 0.25) is 0 Å². The average molecular weight is 528 g/mol. The maximum atomic E-state index is 12.6. The molecule has 1 heterocycles. The lowest BCUT2D eigenvalue weighted by Crippen LogP contribution is -2.38. The molecule has 0 spiro atoms. The Morgan fingerprint density at radius 3 is 2.64 bits per heavy atom. The maximum absolute atomic E-state index is 12.6. The van der Waals surface area contributed by atoms with E-state index in [4.69, 9.17) is 4.74 Å². The van der Waals surface area contributed by atoms with Crippen LogP contribution >= 0.6 is 35.3 Å². The first kappa shape index (κ1) is 24.5. The van der Waals surface area contributed by atoms with Crippen LogP contribution in [-0.2, 0) is 19.1 Å². The molecule has 156 valence electrons. The van der Waals surface area contributed by atoms with Crippen LogP contribution in [0.15, 0.2) is 28.6 Å². The zero-order chi connectivity index (χ0) is 19.9. The molecule has 2 N–H and O–H groups in total. The van der Waals surface area contributed by atoms with Crippen LogP contribution in [0, 0.1) is 6.92 Å². The van der Waals surface area contributed by atoms with E-state index in [0.29, 0.717) is 24.1 Å². The van der Waals surface area contributed by atoms with Crippen LogP contribution in [0.25, 0.3) is 0 Å². The zero-order valence-electron chi connectivity index (χ0n) is 15.9. The van der Waals surface area contributed by atoms with Crippen molar-refractivity contribution in [2.24, 2.45) is 4.99 Å². The lowest BCUT2D eigenvalue weighted by atomic mass is 10.1. The van der Waals surface area contributed by atoms with E-state index in [2.05, 4.69) is 26.7 Å². The second kappa shape index (κ2) is 11.4. The molecule has 2 aromatic rings. The van der Waals surface area contributed by atoms with Gasteiger partial charge in [-0.05, 0) is 31.9 Å². The van der Waals surface area contributed by atoms with Crippen molar-refractivity contribution in [3.63, 3.8) is 0 Å². The van der Waals surface area contributed by atoms with Crippen molar-refractivity contribution in [1.29, 1.82) is 0 Å². The highest BCUT2D eigenvalue weighted by atomic mass is 127. The number of halogens is 4. The van der Waals surface area contributed by atoms with Crippen molar-refractivity contribution in [1.82, 2.24) is 15.6 Å². The third-order valence-corrected chi connectivity index (χ3v) is 4.52. The molecule has 5 nitrogen and oxygen atoms in total. The standard InChI is InChI=1S/C18H23F3N4OS.HI/c1-4-22-17(24-10-16-25-15(11-27-16)18(19,20)21)23-8-7-13-9-12(2)5-6-14(13)26-3;/h5-6,9,11H,4,7-8,10H2,1-3H3,(H2,22,23,24);1H. The van der Waals surface area contributed by atoms with Crippen LogP contribution in [-0.4, -0.2) is 31.1 Å². The van der Waals surface area contributed by atoms with E-state index >= 15 is 0 Å². The molecule has 0 aliphatic rings. The minimum atomic E-state index is -4.42. The van der Waals surface area contributed by atoms with Crippen LogP contribution < -0.4 is 15.4 Å². The summed E-state index contributed by atoms with van der Waals surface area (Å²) < 4.78 is 43.2. The topological polar surface area (TPSA) is 58.5 Å². The Morgan fingerprint density at radius 1 is 1.29 bits per heavy atom. The summed E-state index contributed by atoms with van der Waals surface area (Å²) in [6.45, 7) is 5.28. The van der Waals surface area contributed by atoms with E-state index in [1.807, 2.05) is 26.0 Å². The Balaban J connectivity index is 0.00000392. The number of nitrogens with zero attached hydrogens (tertiary/aromatic N) is 2. The molecule has 1 aromatic carbocycles. The van der Waals surface area contributed by atoms with Gasteiger partial charge in [0.2, 0.25) is 0 Å². The molecule has 0 atom stereocenters. The molecule has 0 aliphatic heterocycles. The number of ether oxygens (including phenoxy) is 1. The highest BCUT2D eigenvalue weighted by Gasteiger charge is 2.33. The van der Waals surface area contributed by atoms with Gasteiger partial charge in [-0.25, -0.2) is 9.98 Å². The highest BCUT2D eigenvalue weighted by molar-refractivity contribution is 14.0. The summed E-state index contributed by atoms with van der Waals surface area (Å²) in [6, 6.07) is 5.99. The molecule has 1 aromatic heterocycles. The Kier molecular flexibility index (Phi) is 10.0. The Labute approximate surface area is 183 Å². The monoisotopic (exact) mass is 528 g/mol. The molecule has 0 saturated heterocycles. The molecule has 0 unspecified atom stereocenters. The zero-order valence-corrected chi connectivity index (χ0v) is 19.0. The predicted molar refractivity (Wildman–Crippen MR) is 117 cm³/mol. The van der Waals surface area contributed by atoms with Gasteiger partial charge in [0.25, 0.3) is 0 Å². The molecule has 2 rings (SSSR count). The quantitative estimate of drug-likeness (QED) is 0.318. The van der Waals surface area contributed by atoms with Gasteiger partial charge in [-0.2, -0.15) is 13.2 Å². The number of nitrogens with one attached hydrogen (secondary N) is 2. The number of alkyl halides is 3. The Morgan fingerprint density at radius 2 is 2.04 bits per heavy atom. The highest BCUT2D eigenvalue weighted by Crippen LogP contribution is 2.30. The van der Waals surface area contributed by atoms with Gasteiger partial charge in [0.05, 0.1) is 13.7 Å². The van der Waals surface area contributed by atoms with Gasteiger partial charge in [-0.3, -0.25) is 0 Å². The first-order chi connectivity index (χ1) is 12.8. The summed E-state index contributed by atoms with van der Waals surface area (Å²) in [4.78, 5) is 7.90. The summed E-state index contributed by atoms with van der Waals surface area (Å²) in [6.07, 6.45) is -3.70. The van der Waals surface area contributed by atoms with E-state index in [-0.39, 0.29) is 30.5 Å². The number of thiazole rings is 1. The van der Waals surface area contributed by atoms with Gasteiger partial charge in [0.15, 0.2) is 11.7 Å². The fourth-order valence-corrected chi connectivity index (χ4v) is 3.14. The number of aryl methyl sites for hydroxylation is 1. The van der Waals surface area contributed by atoms with Crippen LogP contribution in [0.5, 0.6) is 5.75 Å². The van der Waals surface area contributed by atoms with Crippen LogP contribution in [0.3, 0.4) is 0 Å². The number of aliphatic imine (C=N–C) groups is 1. The number of hydrogen-bond acceptors (Lipinski definition) is 4. The molecule has 0 bridgehead atoms. The number of methoxy groups -OCH3 is 1.